The Kier molecular flexibility index (Phi) is 7.73. The third-order valence-electron chi connectivity index (χ3n) is 5.17. The molecule has 3 rings (SSSR count). The quantitative estimate of drug-likeness (QED) is 0.691. The normalized spacial score (nSPS) is 15.0. The molecule has 2 aromatic rings. The number of anilines is 1. The summed E-state index contributed by atoms with van der Waals surface area (Å²) >= 11 is 0. The Balaban J connectivity index is 1.45. The molecule has 1 aliphatic rings. The highest BCUT2D eigenvalue weighted by atomic mass is 16.2. The summed E-state index contributed by atoms with van der Waals surface area (Å²) < 4.78 is 1.35. The number of nitrogens with zero attached hydrogens (tertiary/aromatic N) is 3. The predicted octanol–water partition coefficient (Wildman–Crippen LogP) is 1.88. The number of likely N-dealkylation sites (tertiary alicyclic amines) is 1. The minimum Gasteiger partial charge on any atom is -0.348 e. The van der Waals surface area contributed by atoms with Crippen LogP contribution in [-0.2, 0) is 11.3 Å². The van der Waals surface area contributed by atoms with Crippen LogP contribution in [0.25, 0.3) is 0 Å². The van der Waals surface area contributed by atoms with Crippen molar-refractivity contribution in [3.8, 4) is 0 Å². The van der Waals surface area contributed by atoms with Gasteiger partial charge in [0.2, 0.25) is 5.91 Å². The van der Waals surface area contributed by atoms with Crippen molar-refractivity contribution in [3.05, 3.63) is 58.5 Å². The highest BCUT2D eigenvalue weighted by Crippen LogP contribution is 2.12. The van der Waals surface area contributed by atoms with Crippen LogP contribution in [0.15, 0.2) is 47.3 Å². The maximum absolute atomic E-state index is 12.5. The second-order valence-electron chi connectivity index (χ2n) is 7.57. The molecule has 30 heavy (non-hydrogen) atoms. The van der Waals surface area contributed by atoms with Crippen molar-refractivity contribution in [2.75, 3.05) is 25.0 Å². The van der Waals surface area contributed by atoms with Gasteiger partial charge in [0.15, 0.2) is 0 Å². The summed E-state index contributed by atoms with van der Waals surface area (Å²) in [6, 6.07) is 12.3. The first-order valence-corrected chi connectivity index (χ1v) is 10.5. The summed E-state index contributed by atoms with van der Waals surface area (Å²) in [6.07, 6.45) is 3.32. The maximum Gasteiger partial charge on any atom is 0.271 e. The van der Waals surface area contributed by atoms with Crippen LogP contribution >= 0.6 is 0 Å². The van der Waals surface area contributed by atoms with Crippen molar-refractivity contribution < 1.29 is 9.59 Å². The molecule has 2 heterocycles. The van der Waals surface area contributed by atoms with Gasteiger partial charge in [-0.2, -0.15) is 5.10 Å². The minimum absolute atomic E-state index is 0.0313. The van der Waals surface area contributed by atoms with E-state index in [9.17, 15) is 14.4 Å². The van der Waals surface area contributed by atoms with Gasteiger partial charge in [0.05, 0.1) is 6.54 Å². The van der Waals surface area contributed by atoms with Gasteiger partial charge in [0.1, 0.15) is 5.69 Å². The van der Waals surface area contributed by atoms with Gasteiger partial charge in [0.25, 0.3) is 11.5 Å². The smallest absolute Gasteiger partial charge is 0.271 e. The zero-order valence-electron chi connectivity index (χ0n) is 17.3. The lowest BCUT2D eigenvalue weighted by Crippen LogP contribution is -2.46. The molecule has 1 fully saturated rings. The van der Waals surface area contributed by atoms with Crippen LogP contribution in [0.2, 0.25) is 0 Å². The Morgan fingerprint density at radius 2 is 1.83 bits per heavy atom. The molecule has 0 unspecified atom stereocenters. The van der Waals surface area contributed by atoms with Crippen LogP contribution in [0.1, 0.15) is 43.1 Å². The second kappa shape index (κ2) is 10.7. The molecule has 1 aromatic carbocycles. The molecule has 160 valence electrons. The van der Waals surface area contributed by atoms with E-state index >= 15 is 0 Å². The molecule has 0 atom stereocenters. The molecule has 0 spiro atoms. The summed E-state index contributed by atoms with van der Waals surface area (Å²) in [5.74, 6) is -0.303. The van der Waals surface area contributed by atoms with E-state index in [1.54, 1.807) is 0 Å². The van der Waals surface area contributed by atoms with E-state index in [1.165, 1.54) is 16.8 Å². The molecule has 8 nitrogen and oxygen atoms in total. The van der Waals surface area contributed by atoms with Crippen molar-refractivity contribution in [2.24, 2.45) is 0 Å². The number of para-hydroxylation sites is 1. The average molecular weight is 412 g/mol. The summed E-state index contributed by atoms with van der Waals surface area (Å²) in [5.41, 5.74) is 0.856. The lowest BCUT2D eigenvalue weighted by atomic mass is 10.0. The Labute approximate surface area is 176 Å². The number of benzene rings is 1. The van der Waals surface area contributed by atoms with E-state index in [4.69, 9.17) is 0 Å². The zero-order valence-corrected chi connectivity index (χ0v) is 17.3. The van der Waals surface area contributed by atoms with E-state index in [0.717, 1.165) is 44.5 Å². The molecule has 2 N–H and O–H groups in total. The topological polar surface area (TPSA) is 96.3 Å². The van der Waals surface area contributed by atoms with Crippen LogP contribution < -0.4 is 16.2 Å². The van der Waals surface area contributed by atoms with E-state index < -0.39 is 0 Å². The predicted molar refractivity (Wildman–Crippen MR) is 115 cm³/mol. The SMILES string of the molecule is CCCCn1nc(C(=O)NC2CCN(CC(=O)Nc3ccccc3)CC2)ccc1=O. The number of aromatic nitrogens is 2. The van der Waals surface area contributed by atoms with Crippen LogP contribution in [0.3, 0.4) is 0 Å². The molecule has 1 aliphatic heterocycles. The lowest BCUT2D eigenvalue weighted by molar-refractivity contribution is -0.117. The fraction of sp³-hybridized carbons (Fsp3) is 0.455. The van der Waals surface area contributed by atoms with Crippen molar-refractivity contribution in [2.45, 2.75) is 45.2 Å². The highest BCUT2D eigenvalue weighted by molar-refractivity contribution is 5.92. The summed E-state index contributed by atoms with van der Waals surface area (Å²) in [6.45, 7) is 4.35. The van der Waals surface area contributed by atoms with Crippen LogP contribution in [0.5, 0.6) is 0 Å². The molecule has 0 saturated carbocycles. The number of aryl methyl sites for hydroxylation is 1. The summed E-state index contributed by atoms with van der Waals surface area (Å²) in [4.78, 5) is 38.7. The number of nitrogens with one attached hydrogen (secondary N) is 2. The van der Waals surface area contributed by atoms with Crippen molar-refractivity contribution >= 4 is 17.5 Å². The lowest BCUT2D eigenvalue weighted by Gasteiger charge is -2.31. The van der Waals surface area contributed by atoms with Crippen LogP contribution in [-0.4, -0.2) is 52.2 Å². The van der Waals surface area contributed by atoms with Gasteiger partial charge < -0.3 is 10.6 Å². The Hall–Kier alpha value is -3.00. The number of carbonyl (C=O) groups is 2. The van der Waals surface area contributed by atoms with Crippen molar-refractivity contribution in [3.63, 3.8) is 0 Å². The van der Waals surface area contributed by atoms with E-state index in [0.29, 0.717) is 13.1 Å². The molecule has 8 heteroatoms. The van der Waals surface area contributed by atoms with Gasteiger partial charge >= 0.3 is 0 Å². The molecule has 2 amide bonds. The van der Waals surface area contributed by atoms with Crippen molar-refractivity contribution in [1.29, 1.82) is 0 Å². The number of amides is 2. The molecule has 0 aliphatic carbocycles. The monoisotopic (exact) mass is 411 g/mol. The van der Waals surface area contributed by atoms with E-state index in [1.807, 2.05) is 37.3 Å². The van der Waals surface area contributed by atoms with Crippen LogP contribution in [0, 0.1) is 0 Å². The number of hydrogen-bond donors (Lipinski definition) is 2. The molecule has 1 aromatic heterocycles. The number of rotatable bonds is 8. The summed E-state index contributed by atoms with van der Waals surface area (Å²) in [7, 11) is 0. The largest absolute Gasteiger partial charge is 0.348 e. The number of hydrogen-bond acceptors (Lipinski definition) is 5. The summed E-state index contributed by atoms with van der Waals surface area (Å²) in [5, 5.41) is 10.1. The highest BCUT2D eigenvalue weighted by Gasteiger charge is 2.23. The van der Waals surface area contributed by atoms with Crippen LogP contribution in [0.4, 0.5) is 5.69 Å². The first-order chi connectivity index (χ1) is 14.5. The molecule has 0 bridgehead atoms. The van der Waals surface area contributed by atoms with Gasteiger partial charge in [-0.05, 0) is 37.5 Å². The average Bonchev–Trinajstić information content (AvgIpc) is 2.75. The molecular formula is C22H29N5O3. The van der Waals surface area contributed by atoms with Gasteiger partial charge in [-0.1, -0.05) is 31.5 Å². The van der Waals surface area contributed by atoms with Gasteiger partial charge in [-0.15, -0.1) is 0 Å². The molecule has 0 radical (unpaired) electrons. The van der Waals surface area contributed by atoms with Gasteiger partial charge in [0, 0.05) is 37.4 Å². The molecular weight excluding hydrogens is 382 g/mol. The number of piperidine rings is 1. The molecule has 1 saturated heterocycles. The van der Waals surface area contributed by atoms with Gasteiger partial charge in [-0.3, -0.25) is 19.3 Å². The Morgan fingerprint density at radius 1 is 1.10 bits per heavy atom. The minimum atomic E-state index is -0.263. The maximum atomic E-state index is 12.5. The number of unbranched alkanes of at least 4 members (excludes halogenated alkanes) is 1. The Morgan fingerprint density at radius 3 is 2.53 bits per heavy atom. The van der Waals surface area contributed by atoms with Gasteiger partial charge in [-0.25, -0.2) is 4.68 Å². The fourth-order valence-electron chi connectivity index (χ4n) is 3.46. The number of carbonyl (C=O) groups excluding carboxylic acids is 2. The van der Waals surface area contributed by atoms with E-state index in [2.05, 4.69) is 20.6 Å². The Bertz CT molecular complexity index is 904. The van der Waals surface area contributed by atoms with E-state index in [-0.39, 0.29) is 29.1 Å². The fourth-order valence-corrected chi connectivity index (χ4v) is 3.46. The first-order valence-electron chi connectivity index (χ1n) is 10.5. The third kappa shape index (κ3) is 6.25. The zero-order chi connectivity index (χ0) is 21.3. The first kappa shape index (κ1) is 21.7. The standard InChI is InChI=1S/C22H29N5O3/c1-2-3-13-27-21(29)10-9-19(25-27)22(30)24-18-11-14-26(15-12-18)16-20(28)23-17-7-5-4-6-8-17/h4-10,18H,2-3,11-16H2,1H3,(H,23,28)(H,24,30). The third-order valence-corrected chi connectivity index (χ3v) is 5.17. The van der Waals surface area contributed by atoms with Crippen molar-refractivity contribution in [1.82, 2.24) is 20.0 Å². The second-order valence-corrected chi connectivity index (χ2v) is 7.57.